The minimum Gasteiger partial charge on any atom is -0.302 e. The van der Waals surface area contributed by atoms with E-state index in [1.54, 1.807) is 0 Å². The summed E-state index contributed by atoms with van der Waals surface area (Å²) in [7, 11) is 0. The van der Waals surface area contributed by atoms with Crippen LogP contribution in [0, 0.1) is 0 Å². The third-order valence-electron chi connectivity index (χ3n) is 1.55. The van der Waals surface area contributed by atoms with Gasteiger partial charge in [0.25, 0.3) is 0 Å². The van der Waals surface area contributed by atoms with E-state index in [-0.39, 0.29) is 24.2 Å². The molecule has 11 heavy (non-hydrogen) atoms. The van der Waals surface area contributed by atoms with Gasteiger partial charge in [0.15, 0.2) is 0 Å². The Morgan fingerprint density at radius 1 is 1.73 bits per heavy atom. The highest BCUT2D eigenvalue weighted by Crippen LogP contribution is 2.00. The molecule has 1 aliphatic heterocycles. The van der Waals surface area contributed by atoms with E-state index in [9.17, 15) is 4.79 Å². The number of halogens is 2. The maximum atomic E-state index is 10.3. The van der Waals surface area contributed by atoms with Crippen molar-refractivity contribution in [3.63, 3.8) is 0 Å². The Hall–Kier alpha value is 0.170. The first-order chi connectivity index (χ1) is 4.79. The van der Waals surface area contributed by atoms with Gasteiger partial charge in [-0.2, -0.15) is 0 Å². The summed E-state index contributed by atoms with van der Waals surface area (Å²) in [6, 6.07) is 0. The number of rotatable bonds is 3. The van der Waals surface area contributed by atoms with E-state index in [4.69, 9.17) is 11.6 Å². The fourth-order valence-corrected chi connectivity index (χ4v) is 1.14. The second kappa shape index (κ2) is 5.77. The first-order valence-corrected chi connectivity index (χ1v) is 3.82. The first-order valence-electron chi connectivity index (χ1n) is 3.44. The number of hydrogen-bond acceptors (Lipinski definition) is 3. The van der Waals surface area contributed by atoms with Crippen molar-refractivity contribution in [2.24, 2.45) is 0 Å². The third kappa shape index (κ3) is 4.58. The molecule has 0 amide bonds. The number of hydrogen-bond donors (Lipinski definition) is 2. The van der Waals surface area contributed by atoms with Gasteiger partial charge in [-0.05, 0) is 31.0 Å². The molecule has 1 saturated heterocycles. The average molecular weight is 199 g/mol. The van der Waals surface area contributed by atoms with E-state index in [2.05, 4.69) is 10.6 Å². The summed E-state index contributed by atoms with van der Waals surface area (Å²) in [6.45, 7) is 1.30. The van der Waals surface area contributed by atoms with Crippen LogP contribution in [0.5, 0.6) is 0 Å². The van der Waals surface area contributed by atoms with Crippen molar-refractivity contribution in [2.75, 3.05) is 13.1 Å². The number of carbonyl (C=O) groups is 1. The summed E-state index contributed by atoms with van der Waals surface area (Å²) < 4.78 is 0. The molecule has 1 rings (SSSR count). The maximum Gasteiger partial charge on any atom is 0.235 e. The summed E-state index contributed by atoms with van der Waals surface area (Å²) >= 11 is 5.13. The van der Waals surface area contributed by atoms with Gasteiger partial charge in [0, 0.05) is 0 Å². The molecule has 0 radical (unpaired) electrons. The summed E-state index contributed by atoms with van der Waals surface area (Å²) in [6.07, 6.45) is 2.56. The molecule has 0 spiro atoms. The van der Waals surface area contributed by atoms with Crippen molar-refractivity contribution >= 4 is 29.3 Å². The standard InChI is InChI=1S/C6H11ClN2O.ClH/c7-5(10)4-9-6-2-1-3-8-6;/h6,8-9H,1-4H2;1H. The Bertz CT molecular complexity index is 126. The van der Waals surface area contributed by atoms with E-state index < -0.39 is 0 Å². The monoisotopic (exact) mass is 198 g/mol. The van der Waals surface area contributed by atoms with Gasteiger partial charge in [0.2, 0.25) is 5.24 Å². The average Bonchev–Trinajstić information content (AvgIpc) is 2.34. The van der Waals surface area contributed by atoms with Gasteiger partial charge in [-0.25, -0.2) is 0 Å². The van der Waals surface area contributed by atoms with Crippen LogP contribution in [0.1, 0.15) is 12.8 Å². The van der Waals surface area contributed by atoms with Crippen molar-refractivity contribution in [1.29, 1.82) is 0 Å². The highest BCUT2D eigenvalue weighted by atomic mass is 35.5. The second-order valence-corrected chi connectivity index (χ2v) is 2.81. The summed E-state index contributed by atoms with van der Waals surface area (Å²) in [5, 5.41) is 5.85. The lowest BCUT2D eigenvalue weighted by molar-refractivity contribution is -0.111. The van der Waals surface area contributed by atoms with E-state index in [1.165, 1.54) is 6.42 Å². The molecule has 0 aliphatic carbocycles. The Kier molecular flexibility index (Phi) is 5.86. The highest BCUT2D eigenvalue weighted by Gasteiger charge is 2.12. The van der Waals surface area contributed by atoms with Gasteiger partial charge in [-0.15, -0.1) is 12.4 Å². The molecule has 0 aromatic carbocycles. The van der Waals surface area contributed by atoms with Crippen molar-refractivity contribution in [2.45, 2.75) is 19.0 Å². The van der Waals surface area contributed by atoms with Gasteiger partial charge < -0.3 is 5.32 Å². The molecule has 1 fully saturated rings. The predicted molar refractivity (Wildman–Crippen MR) is 47.1 cm³/mol. The van der Waals surface area contributed by atoms with E-state index >= 15 is 0 Å². The maximum absolute atomic E-state index is 10.3. The molecule has 1 atom stereocenters. The van der Waals surface area contributed by atoms with Gasteiger partial charge >= 0.3 is 0 Å². The lowest BCUT2D eigenvalue weighted by atomic mass is 10.3. The smallest absolute Gasteiger partial charge is 0.235 e. The molecule has 66 valence electrons. The molecular weight excluding hydrogens is 187 g/mol. The van der Waals surface area contributed by atoms with Crippen LogP contribution < -0.4 is 10.6 Å². The zero-order valence-electron chi connectivity index (χ0n) is 6.10. The molecule has 0 bridgehead atoms. The molecular formula is C6H12Cl2N2O. The van der Waals surface area contributed by atoms with Gasteiger partial charge in [-0.3, -0.25) is 10.1 Å². The van der Waals surface area contributed by atoms with Gasteiger partial charge in [0.05, 0.1) is 12.7 Å². The molecule has 5 heteroatoms. The minimum absolute atomic E-state index is 0. The van der Waals surface area contributed by atoms with E-state index in [1.807, 2.05) is 0 Å². The Morgan fingerprint density at radius 3 is 2.91 bits per heavy atom. The largest absolute Gasteiger partial charge is 0.302 e. The summed E-state index contributed by atoms with van der Waals surface area (Å²) in [5.74, 6) is 0. The quantitative estimate of drug-likeness (QED) is 0.649. The zero-order chi connectivity index (χ0) is 7.40. The highest BCUT2D eigenvalue weighted by molar-refractivity contribution is 6.64. The molecule has 1 aliphatic rings. The van der Waals surface area contributed by atoms with Crippen LogP contribution in [0.2, 0.25) is 0 Å². The van der Waals surface area contributed by atoms with Gasteiger partial charge in [-0.1, -0.05) is 0 Å². The van der Waals surface area contributed by atoms with Crippen LogP contribution in [0.15, 0.2) is 0 Å². The SMILES string of the molecule is Cl.O=C(Cl)CNC1CCCN1. The molecule has 0 aromatic heterocycles. The van der Waals surface area contributed by atoms with Crippen molar-refractivity contribution < 1.29 is 4.79 Å². The summed E-state index contributed by atoms with van der Waals surface area (Å²) in [4.78, 5) is 10.3. The van der Waals surface area contributed by atoms with Crippen LogP contribution in [-0.2, 0) is 4.79 Å². The third-order valence-corrected chi connectivity index (χ3v) is 1.68. The van der Waals surface area contributed by atoms with Crippen LogP contribution >= 0.6 is 24.0 Å². The van der Waals surface area contributed by atoms with Crippen LogP contribution in [0.3, 0.4) is 0 Å². The number of nitrogens with one attached hydrogen (secondary N) is 2. The number of carbonyl (C=O) groups excluding carboxylic acids is 1. The van der Waals surface area contributed by atoms with Crippen LogP contribution in [-0.4, -0.2) is 24.5 Å². The second-order valence-electron chi connectivity index (χ2n) is 2.38. The van der Waals surface area contributed by atoms with Gasteiger partial charge in [0.1, 0.15) is 0 Å². The summed E-state index contributed by atoms with van der Waals surface area (Å²) in [5.41, 5.74) is 0. The van der Waals surface area contributed by atoms with Crippen molar-refractivity contribution in [3.8, 4) is 0 Å². The Labute approximate surface area is 77.3 Å². The molecule has 2 N–H and O–H groups in total. The fraction of sp³-hybridized carbons (Fsp3) is 0.833. The van der Waals surface area contributed by atoms with E-state index in [0.717, 1.165) is 13.0 Å². The van der Waals surface area contributed by atoms with Crippen LogP contribution in [0.25, 0.3) is 0 Å². The molecule has 0 aromatic rings. The van der Waals surface area contributed by atoms with Crippen molar-refractivity contribution in [3.05, 3.63) is 0 Å². The Balaban J connectivity index is 0.000001000. The van der Waals surface area contributed by atoms with E-state index in [0.29, 0.717) is 6.17 Å². The minimum atomic E-state index is -0.325. The first kappa shape index (κ1) is 11.2. The molecule has 0 saturated carbocycles. The molecule has 3 nitrogen and oxygen atoms in total. The predicted octanol–water partition coefficient (Wildman–Crippen LogP) is 0.473. The Morgan fingerprint density at radius 2 is 2.45 bits per heavy atom. The van der Waals surface area contributed by atoms with Crippen molar-refractivity contribution in [1.82, 2.24) is 10.6 Å². The normalized spacial score (nSPS) is 22.8. The topological polar surface area (TPSA) is 41.1 Å². The lowest BCUT2D eigenvalue weighted by Crippen LogP contribution is -2.39. The molecule has 1 heterocycles. The van der Waals surface area contributed by atoms with Crippen LogP contribution in [0.4, 0.5) is 0 Å². The molecule has 1 unspecified atom stereocenters. The fourth-order valence-electron chi connectivity index (χ4n) is 1.06. The zero-order valence-corrected chi connectivity index (χ0v) is 7.67. The lowest BCUT2D eigenvalue weighted by Gasteiger charge is -2.09.